The highest BCUT2D eigenvalue weighted by Crippen LogP contribution is 2.22. The van der Waals surface area contributed by atoms with Gasteiger partial charge in [0.1, 0.15) is 5.78 Å². The van der Waals surface area contributed by atoms with Crippen molar-refractivity contribution in [2.75, 3.05) is 0 Å². The third-order valence-corrected chi connectivity index (χ3v) is 3.76. The molecule has 0 bridgehead atoms. The van der Waals surface area contributed by atoms with Crippen LogP contribution in [0.3, 0.4) is 0 Å². The lowest BCUT2D eigenvalue weighted by Gasteiger charge is -2.26. The number of nitrogens with zero attached hydrogens (tertiary/aromatic N) is 2. The molecule has 4 heteroatoms. The van der Waals surface area contributed by atoms with Crippen LogP contribution in [-0.2, 0) is 18.3 Å². The number of hydrogen-bond acceptors (Lipinski definition) is 3. The van der Waals surface area contributed by atoms with E-state index >= 15 is 0 Å². The molecular weight excluding hydrogens is 250 g/mol. The van der Waals surface area contributed by atoms with Gasteiger partial charge in [0.25, 0.3) is 0 Å². The predicted octanol–water partition coefficient (Wildman–Crippen LogP) is 2.45. The van der Waals surface area contributed by atoms with E-state index in [9.17, 15) is 4.79 Å². The van der Waals surface area contributed by atoms with Crippen molar-refractivity contribution < 1.29 is 4.79 Å². The first-order chi connectivity index (χ1) is 9.29. The van der Waals surface area contributed by atoms with Crippen LogP contribution in [0.4, 0.5) is 0 Å². The maximum atomic E-state index is 12.2. The molecule has 2 N–H and O–H groups in total. The van der Waals surface area contributed by atoms with Gasteiger partial charge in [-0.15, -0.1) is 0 Å². The molecular formula is C16H23N3O. The normalized spacial score (nSPS) is 13.7. The Morgan fingerprint density at radius 1 is 1.35 bits per heavy atom. The summed E-state index contributed by atoms with van der Waals surface area (Å²) in [4.78, 5) is 12.2. The molecule has 4 nitrogen and oxygen atoms in total. The number of rotatable bonds is 4. The van der Waals surface area contributed by atoms with Crippen LogP contribution in [-0.4, -0.2) is 21.6 Å². The minimum atomic E-state index is -0.120. The van der Waals surface area contributed by atoms with Crippen molar-refractivity contribution in [1.29, 1.82) is 0 Å². The van der Waals surface area contributed by atoms with E-state index in [1.807, 2.05) is 36.0 Å². The van der Waals surface area contributed by atoms with E-state index in [2.05, 4.69) is 25.9 Å². The molecule has 1 atom stereocenters. The Balaban J connectivity index is 2.15. The Morgan fingerprint density at radius 3 is 2.65 bits per heavy atom. The van der Waals surface area contributed by atoms with E-state index < -0.39 is 0 Å². The Bertz CT molecular complexity index is 622. The summed E-state index contributed by atoms with van der Waals surface area (Å²) < 4.78 is 1.82. The van der Waals surface area contributed by atoms with E-state index in [0.717, 1.165) is 16.6 Å². The summed E-state index contributed by atoms with van der Waals surface area (Å²) in [6, 6.07) is 7.85. The highest BCUT2D eigenvalue weighted by atomic mass is 16.1. The average molecular weight is 273 g/mol. The SMILES string of the molecule is Cn1nc(CC(=O)CC(N)C(C)(C)C)c2ccccc21. The fraction of sp³-hybridized carbons (Fsp3) is 0.500. The third-order valence-electron chi connectivity index (χ3n) is 3.76. The van der Waals surface area contributed by atoms with Gasteiger partial charge in [-0.05, 0) is 11.5 Å². The number of aromatic nitrogens is 2. The molecule has 0 radical (unpaired) electrons. The quantitative estimate of drug-likeness (QED) is 0.930. The predicted molar refractivity (Wildman–Crippen MR) is 81.5 cm³/mol. The van der Waals surface area contributed by atoms with E-state index in [1.165, 1.54) is 0 Å². The second-order valence-corrected chi connectivity index (χ2v) is 6.48. The van der Waals surface area contributed by atoms with Gasteiger partial charge in [0.05, 0.1) is 17.6 Å². The summed E-state index contributed by atoms with van der Waals surface area (Å²) in [7, 11) is 1.90. The van der Waals surface area contributed by atoms with Gasteiger partial charge >= 0.3 is 0 Å². The monoisotopic (exact) mass is 273 g/mol. The van der Waals surface area contributed by atoms with Crippen LogP contribution in [0.25, 0.3) is 10.9 Å². The Morgan fingerprint density at radius 2 is 2.00 bits per heavy atom. The molecule has 20 heavy (non-hydrogen) atoms. The number of nitrogens with two attached hydrogens (primary N) is 1. The van der Waals surface area contributed by atoms with Crippen LogP contribution < -0.4 is 5.73 Å². The molecule has 2 rings (SSSR count). The molecule has 1 unspecified atom stereocenters. The number of carbonyl (C=O) groups is 1. The van der Waals surface area contributed by atoms with E-state index in [-0.39, 0.29) is 17.2 Å². The Labute approximate surface area is 120 Å². The maximum Gasteiger partial charge on any atom is 0.140 e. The lowest BCUT2D eigenvalue weighted by molar-refractivity contribution is -0.119. The summed E-state index contributed by atoms with van der Waals surface area (Å²) in [5.74, 6) is 0.149. The van der Waals surface area contributed by atoms with Crippen LogP contribution in [0.5, 0.6) is 0 Å². The van der Waals surface area contributed by atoms with E-state index in [1.54, 1.807) is 0 Å². The highest BCUT2D eigenvalue weighted by molar-refractivity contribution is 5.88. The molecule has 0 spiro atoms. The first-order valence-electron chi connectivity index (χ1n) is 6.97. The van der Waals surface area contributed by atoms with Crippen molar-refractivity contribution in [3.05, 3.63) is 30.0 Å². The number of aryl methyl sites for hydroxylation is 1. The van der Waals surface area contributed by atoms with Crippen LogP contribution in [0.2, 0.25) is 0 Å². The molecule has 0 aliphatic carbocycles. The average Bonchev–Trinajstić information content (AvgIpc) is 2.66. The second-order valence-electron chi connectivity index (χ2n) is 6.48. The van der Waals surface area contributed by atoms with Gasteiger partial charge in [0, 0.05) is 24.9 Å². The largest absolute Gasteiger partial charge is 0.327 e. The highest BCUT2D eigenvalue weighted by Gasteiger charge is 2.23. The topological polar surface area (TPSA) is 60.9 Å². The van der Waals surface area contributed by atoms with Gasteiger partial charge in [-0.2, -0.15) is 5.10 Å². The summed E-state index contributed by atoms with van der Waals surface area (Å²) in [6.07, 6.45) is 0.750. The molecule has 108 valence electrons. The smallest absolute Gasteiger partial charge is 0.140 e. The zero-order valence-corrected chi connectivity index (χ0v) is 12.7. The number of Topliss-reactive ketones (excluding diaryl/α,β-unsaturated/α-hetero) is 1. The van der Waals surface area contributed by atoms with Crippen molar-refractivity contribution >= 4 is 16.7 Å². The van der Waals surface area contributed by atoms with Crippen molar-refractivity contribution in [3.8, 4) is 0 Å². The van der Waals surface area contributed by atoms with Crippen LogP contribution in [0, 0.1) is 5.41 Å². The molecule has 1 aromatic carbocycles. The van der Waals surface area contributed by atoms with Crippen molar-refractivity contribution in [2.24, 2.45) is 18.2 Å². The lowest BCUT2D eigenvalue weighted by Crippen LogP contribution is -2.37. The van der Waals surface area contributed by atoms with Crippen molar-refractivity contribution in [1.82, 2.24) is 9.78 Å². The first kappa shape index (κ1) is 14.7. The summed E-state index contributed by atoms with van der Waals surface area (Å²) in [5, 5.41) is 5.50. The van der Waals surface area contributed by atoms with Gasteiger partial charge in [0.15, 0.2) is 0 Å². The fourth-order valence-electron chi connectivity index (χ4n) is 2.23. The minimum Gasteiger partial charge on any atom is -0.327 e. The van der Waals surface area contributed by atoms with Gasteiger partial charge in [-0.3, -0.25) is 9.48 Å². The van der Waals surface area contributed by atoms with Crippen molar-refractivity contribution in [2.45, 2.75) is 39.7 Å². The second kappa shape index (κ2) is 5.37. The molecule has 0 fully saturated rings. The molecule has 0 saturated carbocycles. The van der Waals surface area contributed by atoms with Gasteiger partial charge in [0.2, 0.25) is 0 Å². The lowest BCUT2D eigenvalue weighted by atomic mass is 9.84. The maximum absolute atomic E-state index is 12.2. The summed E-state index contributed by atoms with van der Waals surface area (Å²) in [6.45, 7) is 6.17. The molecule has 0 saturated heterocycles. The van der Waals surface area contributed by atoms with Crippen molar-refractivity contribution in [3.63, 3.8) is 0 Å². The van der Waals surface area contributed by atoms with Gasteiger partial charge in [-0.1, -0.05) is 39.0 Å². The minimum absolute atomic E-state index is 0.0537. The molecule has 2 aromatic rings. The Hall–Kier alpha value is -1.68. The zero-order chi connectivity index (χ0) is 14.9. The van der Waals surface area contributed by atoms with Crippen LogP contribution in [0.15, 0.2) is 24.3 Å². The number of hydrogen-bond donors (Lipinski definition) is 1. The third kappa shape index (κ3) is 3.07. The molecule has 0 amide bonds. The first-order valence-corrected chi connectivity index (χ1v) is 6.97. The van der Waals surface area contributed by atoms with Gasteiger partial charge in [-0.25, -0.2) is 0 Å². The molecule has 1 heterocycles. The van der Waals surface area contributed by atoms with Crippen LogP contribution >= 0.6 is 0 Å². The number of fused-ring (bicyclic) bond motifs is 1. The number of carbonyl (C=O) groups excluding carboxylic acids is 1. The summed E-state index contributed by atoms with van der Waals surface area (Å²) >= 11 is 0. The standard InChI is InChI=1S/C16H23N3O/c1-16(2,3)15(17)10-11(20)9-13-12-7-5-6-8-14(12)19(4)18-13/h5-8,15H,9-10,17H2,1-4H3. The molecule has 0 aliphatic rings. The van der Waals surface area contributed by atoms with E-state index in [0.29, 0.717) is 12.8 Å². The van der Waals surface area contributed by atoms with Gasteiger partial charge < -0.3 is 5.73 Å². The van der Waals surface area contributed by atoms with E-state index in [4.69, 9.17) is 5.73 Å². The zero-order valence-electron chi connectivity index (χ0n) is 12.7. The number of para-hydroxylation sites is 1. The Kier molecular flexibility index (Phi) is 3.95. The van der Waals surface area contributed by atoms with Crippen LogP contribution in [0.1, 0.15) is 32.9 Å². The fourth-order valence-corrected chi connectivity index (χ4v) is 2.23. The number of ketones is 1. The molecule has 1 aromatic heterocycles. The summed E-state index contributed by atoms with van der Waals surface area (Å²) in [5.41, 5.74) is 7.92. The number of benzene rings is 1. The molecule has 0 aliphatic heterocycles.